The highest BCUT2D eigenvalue weighted by atomic mass is 35.5. The van der Waals surface area contributed by atoms with Crippen molar-refractivity contribution < 1.29 is 4.74 Å². The van der Waals surface area contributed by atoms with E-state index in [1.807, 2.05) is 27.5 Å². The van der Waals surface area contributed by atoms with Crippen LogP contribution in [-0.4, -0.2) is 43.0 Å². The number of H-pyrrole nitrogens is 1. The molecule has 0 unspecified atom stereocenters. The van der Waals surface area contributed by atoms with Crippen molar-refractivity contribution in [2.45, 2.75) is 13.1 Å². The molecule has 9 heteroatoms. The molecule has 0 spiro atoms. The van der Waals surface area contributed by atoms with Gasteiger partial charge in [-0.2, -0.15) is 0 Å². The van der Waals surface area contributed by atoms with Gasteiger partial charge in [-0.15, -0.1) is 10.2 Å². The molecule has 0 aliphatic rings. The van der Waals surface area contributed by atoms with Gasteiger partial charge in [0.2, 0.25) is 0 Å². The number of halogens is 1. The molecule has 4 rings (SSSR count). The highest BCUT2D eigenvalue weighted by molar-refractivity contribution is 6.31. The molecular weight excluding hydrogens is 368 g/mol. The molecule has 0 saturated heterocycles. The molecule has 8 nitrogen and oxygen atoms in total. The first-order valence-electron chi connectivity index (χ1n) is 8.35. The van der Waals surface area contributed by atoms with Gasteiger partial charge in [0.25, 0.3) is 5.56 Å². The molecule has 0 saturated carbocycles. The van der Waals surface area contributed by atoms with E-state index >= 15 is 0 Å². The molecule has 0 amide bonds. The molecule has 1 N–H and O–H groups in total. The average Bonchev–Trinajstić information content (AvgIpc) is 3.29. The third kappa shape index (κ3) is 3.49. The zero-order chi connectivity index (χ0) is 18.8. The second-order valence-corrected chi connectivity index (χ2v) is 6.49. The second kappa shape index (κ2) is 7.34. The quantitative estimate of drug-likeness (QED) is 0.551. The second-order valence-electron chi connectivity index (χ2n) is 6.06. The smallest absolute Gasteiger partial charge is 0.259 e. The van der Waals surface area contributed by atoms with Crippen molar-refractivity contribution in [3.63, 3.8) is 0 Å². The molecule has 0 aliphatic heterocycles. The Morgan fingerprint density at radius 3 is 3.00 bits per heavy atom. The standard InChI is InChI=1S/C18H17ClN6O2/c1-27-7-6-25-11-21-23-16(25)10-24-5-4-20-17(24)14-8-12-2-3-13(19)9-15(12)22-18(14)26/h2-5,8-9,11H,6-7,10H2,1H3,(H,22,26). The Morgan fingerprint density at radius 1 is 1.26 bits per heavy atom. The molecule has 3 aromatic heterocycles. The number of nitrogens with one attached hydrogen (secondary N) is 1. The first-order valence-corrected chi connectivity index (χ1v) is 8.73. The van der Waals surface area contributed by atoms with Crippen LogP contribution in [-0.2, 0) is 17.8 Å². The normalized spacial score (nSPS) is 11.3. The van der Waals surface area contributed by atoms with Crippen molar-refractivity contribution in [3.05, 3.63) is 64.2 Å². The number of methoxy groups -OCH3 is 1. The Bertz CT molecular complexity index is 1150. The van der Waals surface area contributed by atoms with Gasteiger partial charge in [-0.05, 0) is 23.6 Å². The Kier molecular flexibility index (Phi) is 4.74. The van der Waals surface area contributed by atoms with Crippen LogP contribution in [0.2, 0.25) is 5.02 Å². The predicted molar refractivity (Wildman–Crippen MR) is 102 cm³/mol. The highest BCUT2D eigenvalue weighted by Crippen LogP contribution is 2.21. The summed E-state index contributed by atoms with van der Waals surface area (Å²) < 4.78 is 8.90. The lowest BCUT2D eigenvalue weighted by Gasteiger charge is -2.10. The monoisotopic (exact) mass is 384 g/mol. The topological polar surface area (TPSA) is 90.6 Å². The largest absolute Gasteiger partial charge is 0.383 e. The first-order chi connectivity index (χ1) is 13.2. The van der Waals surface area contributed by atoms with Crippen molar-refractivity contribution in [3.8, 4) is 11.4 Å². The van der Waals surface area contributed by atoms with Crippen molar-refractivity contribution in [1.82, 2.24) is 29.3 Å². The summed E-state index contributed by atoms with van der Waals surface area (Å²) >= 11 is 6.00. The summed E-state index contributed by atoms with van der Waals surface area (Å²) in [5, 5.41) is 9.59. The lowest BCUT2D eigenvalue weighted by molar-refractivity contribution is 0.186. The highest BCUT2D eigenvalue weighted by Gasteiger charge is 2.14. The summed E-state index contributed by atoms with van der Waals surface area (Å²) in [5.74, 6) is 1.32. The third-order valence-corrected chi connectivity index (χ3v) is 4.54. The van der Waals surface area contributed by atoms with E-state index in [1.165, 1.54) is 0 Å². The van der Waals surface area contributed by atoms with Gasteiger partial charge in [0.1, 0.15) is 12.2 Å². The predicted octanol–water partition coefficient (Wildman–Crippen LogP) is 2.33. The third-order valence-electron chi connectivity index (χ3n) is 4.31. The zero-order valence-corrected chi connectivity index (χ0v) is 15.3. The number of aromatic nitrogens is 6. The van der Waals surface area contributed by atoms with Crippen LogP contribution >= 0.6 is 11.6 Å². The number of pyridine rings is 1. The lowest BCUT2D eigenvalue weighted by atomic mass is 10.1. The zero-order valence-electron chi connectivity index (χ0n) is 14.6. The van der Waals surface area contributed by atoms with E-state index in [1.54, 1.807) is 31.8 Å². The van der Waals surface area contributed by atoms with Gasteiger partial charge in [0, 0.05) is 36.6 Å². The minimum Gasteiger partial charge on any atom is -0.383 e. The van der Waals surface area contributed by atoms with Gasteiger partial charge < -0.3 is 18.9 Å². The molecule has 0 bridgehead atoms. The van der Waals surface area contributed by atoms with Gasteiger partial charge in [0.15, 0.2) is 5.82 Å². The summed E-state index contributed by atoms with van der Waals surface area (Å²) in [4.78, 5) is 19.9. The maximum Gasteiger partial charge on any atom is 0.259 e. The summed E-state index contributed by atoms with van der Waals surface area (Å²) in [5.41, 5.74) is 0.949. The van der Waals surface area contributed by atoms with Crippen molar-refractivity contribution in [2.75, 3.05) is 13.7 Å². The van der Waals surface area contributed by atoms with Crippen LogP contribution in [0.5, 0.6) is 0 Å². The first kappa shape index (κ1) is 17.4. The van der Waals surface area contributed by atoms with E-state index in [4.69, 9.17) is 16.3 Å². The number of imidazole rings is 1. The minimum atomic E-state index is -0.224. The van der Waals surface area contributed by atoms with Crippen LogP contribution in [0.1, 0.15) is 5.82 Å². The van der Waals surface area contributed by atoms with Gasteiger partial charge >= 0.3 is 0 Å². The van der Waals surface area contributed by atoms with Gasteiger partial charge in [-0.1, -0.05) is 17.7 Å². The van der Waals surface area contributed by atoms with Crippen LogP contribution in [0.3, 0.4) is 0 Å². The Morgan fingerprint density at radius 2 is 2.15 bits per heavy atom. The average molecular weight is 385 g/mol. The molecule has 0 fully saturated rings. The van der Waals surface area contributed by atoms with Crippen LogP contribution in [0.15, 0.2) is 47.8 Å². The maximum absolute atomic E-state index is 12.6. The molecule has 4 aromatic rings. The van der Waals surface area contributed by atoms with Gasteiger partial charge in [0.05, 0.1) is 18.7 Å². The summed E-state index contributed by atoms with van der Waals surface area (Å²) in [7, 11) is 1.65. The van der Waals surface area contributed by atoms with Crippen molar-refractivity contribution in [1.29, 1.82) is 0 Å². The number of nitrogens with zero attached hydrogens (tertiary/aromatic N) is 5. The van der Waals surface area contributed by atoms with Gasteiger partial charge in [-0.3, -0.25) is 4.79 Å². The summed E-state index contributed by atoms with van der Waals surface area (Å²) in [6, 6.07) is 7.20. The van der Waals surface area contributed by atoms with E-state index in [2.05, 4.69) is 20.2 Å². The van der Waals surface area contributed by atoms with Crippen molar-refractivity contribution >= 4 is 22.5 Å². The number of ether oxygens (including phenoxy) is 1. The number of fused-ring (bicyclic) bond motifs is 1. The number of aromatic amines is 1. The van der Waals surface area contributed by atoms with Crippen LogP contribution in [0.25, 0.3) is 22.3 Å². The van der Waals surface area contributed by atoms with E-state index in [0.29, 0.717) is 41.6 Å². The van der Waals surface area contributed by atoms with Crippen LogP contribution in [0.4, 0.5) is 0 Å². The number of benzene rings is 1. The minimum absolute atomic E-state index is 0.224. The molecule has 1 aromatic carbocycles. The number of hydrogen-bond donors (Lipinski definition) is 1. The van der Waals surface area contributed by atoms with E-state index < -0.39 is 0 Å². The molecule has 138 valence electrons. The molecular formula is C18H17ClN6O2. The van der Waals surface area contributed by atoms with Crippen LogP contribution in [0, 0.1) is 0 Å². The SMILES string of the molecule is COCCn1cnnc1Cn1ccnc1-c1cc2ccc(Cl)cc2[nH]c1=O. The molecule has 0 aliphatic carbocycles. The lowest BCUT2D eigenvalue weighted by Crippen LogP contribution is -2.15. The fourth-order valence-electron chi connectivity index (χ4n) is 2.95. The number of hydrogen-bond acceptors (Lipinski definition) is 5. The van der Waals surface area contributed by atoms with Crippen LogP contribution < -0.4 is 5.56 Å². The Labute approximate surface area is 159 Å². The number of rotatable bonds is 6. The molecule has 3 heterocycles. The summed E-state index contributed by atoms with van der Waals surface area (Å²) in [6.07, 6.45) is 5.14. The molecule has 0 radical (unpaired) electrons. The Hall–Kier alpha value is -2.97. The molecule has 27 heavy (non-hydrogen) atoms. The molecule has 0 atom stereocenters. The fourth-order valence-corrected chi connectivity index (χ4v) is 3.12. The Balaban J connectivity index is 1.71. The maximum atomic E-state index is 12.6. The van der Waals surface area contributed by atoms with Crippen molar-refractivity contribution in [2.24, 2.45) is 0 Å². The van der Waals surface area contributed by atoms with E-state index in [-0.39, 0.29) is 5.56 Å². The van der Waals surface area contributed by atoms with E-state index in [0.717, 1.165) is 11.2 Å². The summed E-state index contributed by atoms with van der Waals surface area (Å²) in [6.45, 7) is 1.66. The fraction of sp³-hybridized carbons (Fsp3) is 0.222. The van der Waals surface area contributed by atoms with Gasteiger partial charge in [-0.25, -0.2) is 4.98 Å². The van der Waals surface area contributed by atoms with E-state index in [9.17, 15) is 4.79 Å².